The number of hydrogen-bond donors (Lipinski definition) is 6. The average Bonchev–Trinajstić information content (AvgIpc) is 2.83. The quantitative estimate of drug-likeness (QED) is 0.231. The Balaban J connectivity index is 1.81. The summed E-state index contributed by atoms with van der Waals surface area (Å²) in [5.41, 5.74) is 3.25. The zero-order chi connectivity index (χ0) is 33.3. The highest BCUT2D eigenvalue weighted by atomic mass is 16.5. The highest BCUT2D eigenvalue weighted by Gasteiger charge is 2.52. The van der Waals surface area contributed by atoms with Gasteiger partial charge in [0.05, 0.1) is 0 Å². The minimum Gasteiger partial charge on any atom is -0.351 e. The lowest BCUT2D eigenvalue weighted by Crippen LogP contribution is -2.67. The van der Waals surface area contributed by atoms with Crippen LogP contribution in [-0.4, -0.2) is 104 Å². The largest absolute Gasteiger partial charge is 0.351 e. The van der Waals surface area contributed by atoms with Gasteiger partial charge in [0.25, 0.3) is 0 Å². The van der Waals surface area contributed by atoms with Crippen molar-refractivity contribution < 1.29 is 15.6 Å². The second kappa shape index (κ2) is 11.4. The number of nitrogens with one attached hydrogen (secondary N) is 3. The van der Waals surface area contributed by atoms with Gasteiger partial charge in [0, 0.05) is 58.4 Å². The van der Waals surface area contributed by atoms with Gasteiger partial charge < -0.3 is 25.8 Å². The number of piperidine rings is 3. The lowest BCUT2D eigenvalue weighted by atomic mass is 9.75. The van der Waals surface area contributed by atoms with Crippen molar-refractivity contribution in [1.29, 1.82) is 0 Å². The molecule has 4 rings (SSSR count). The van der Waals surface area contributed by atoms with E-state index in [0.717, 1.165) is 0 Å². The van der Waals surface area contributed by atoms with Crippen LogP contribution in [0.3, 0.4) is 0 Å². The second-order valence-electron chi connectivity index (χ2n) is 17.2. The zero-order valence-electron chi connectivity index (χ0n) is 29.4. The van der Waals surface area contributed by atoms with E-state index in [1.807, 2.05) is 27.7 Å². The van der Waals surface area contributed by atoms with Gasteiger partial charge in [-0.2, -0.15) is 30.1 Å². The molecule has 1 aromatic rings. The predicted octanol–water partition coefficient (Wildman–Crippen LogP) is 4.87. The molecule has 0 atom stereocenters. The molecule has 0 aromatic carbocycles. The molecule has 3 saturated heterocycles. The minimum absolute atomic E-state index is 0.0124. The SMILES string of the molecule is CNNc1nc(NC2CC(C)(C)N(O)C(C)(C)C2)nc(N(C2CC(C)(C)N(O)C(C)(C)C2)C2CC(C)(C)N(O)C(C)(C)C2)n1. The van der Waals surface area contributed by atoms with Gasteiger partial charge in [-0.3, -0.25) is 5.43 Å². The van der Waals surface area contributed by atoms with Crippen LogP contribution in [0.4, 0.5) is 17.8 Å². The molecule has 3 aliphatic heterocycles. The third kappa shape index (κ3) is 6.79. The molecule has 1 aromatic heterocycles. The van der Waals surface area contributed by atoms with Crippen molar-refractivity contribution in [2.75, 3.05) is 22.7 Å². The maximum Gasteiger partial charge on any atom is 0.243 e. The smallest absolute Gasteiger partial charge is 0.243 e. The molecule has 44 heavy (non-hydrogen) atoms. The van der Waals surface area contributed by atoms with Crippen LogP contribution in [0.25, 0.3) is 0 Å². The van der Waals surface area contributed by atoms with E-state index in [0.29, 0.717) is 56.4 Å². The van der Waals surface area contributed by atoms with E-state index >= 15 is 0 Å². The van der Waals surface area contributed by atoms with Gasteiger partial charge in [-0.25, -0.2) is 5.43 Å². The van der Waals surface area contributed by atoms with Crippen LogP contribution >= 0.6 is 0 Å². The van der Waals surface area contributed by atoms with Crippen molar-refractivity contribution >= 4 is 17.8 Å². The van der Waals surface area contributed by atoms with Gasteiger partial charge in [-0.05, 0) is 122 Å². The molecule has 4 heterocycles. The van der Waals surface area contributed by atoms with Gasteiger partial charge in [-0.15, -0.1) is 0 Å². The second-order valence-corrected chi connectivity index (χ2v) is 17.2. The van der Waals surface area contributed by atoms with Crippen LogP contribution in [0.1, 0.15) is 122 Å². The van der Waals surface area contributed by atoms with Crippen molar-refractivity contribution in [1.82, 2.24) is 35.6 Å². The van der Waals surface area contributed by atoms with E-state index in [4.69, 9.17) is 15.0 Å². The van der Waals surface area contributed by atoms with Crippen molar-refractivity contribution in [2.24, 2.45) is 0 Å². The lowest BCUT2D eigenvalue weighted by Gasteiger charge is -2.58. The molecule has 6 N–H and O–H groups in total. The summed E-state index contributed by atoms with van der Waals surface area (Å²) in [6, 6.07) is 0.0531. The third-order valence-corrected chi connectivity index (χ3v) is 10.1. The normalized spacial score (nSPS) is 27.6. The Labute approximate surface area is 264 Å². The first kappa shape index (κ1) is 35.0. The Morgan fingerprint density at radius 3 is 1.27 bits per heavy atom. The Kier molecular flexibility index (Phi) is 9.09. The highest BCUT2D eigenvalue weighted by molar-refractivity contribution is 5.46. The predicted molar refractivity (Wildman–Crippen MR) is 173 cm³/mol. The molecule has 0 radical (unpaired) electrons. The maximum atomic E-state index is 11.2. The van der Waals surface area contributed by atoms with Gasteiger partial charge in [0.1, 0.15) is 0 Å². The summed E-state index contributed by atoms with van der Waals surface area (Å²) in [5, 5.41) is 41.3. The third-order valence-electron chi connectivity index (χ3n) is 10.1. The summed E-state index contributed by atoms with van der Waals surface area (Å²) in [4.78, 5) is 17.1. The summed E-state index contributed by atoms with van der Waals surface area (Å²) in [5.74, 6) is 1.43. The van der Waals surface area contributed by atoms with Crippen molar-refractivity contribution in [3.63, 3.8) is 0 Å². The van der Waals surface area contributed by atoms with Crippen molar-refractivity contribution in [2.45, 2.75) is 173 Å². The van der Waals surface area contributed by atoms with E-state index < -0.39 is 33.2 Å². The number of aromatic nitrogens is 3. The number of nitrogens with zero attached hydrogens (tertiary/aromatic N) is 7. The molecule has 3 fully saturated rings. The van der Waals surface area contributed by atoms with E-state index in [1.54, 1.807) is 7.05 Å². The van der Waals surface area contributed by atoms with Gasteiger partial charge in [-0.1, -0.05) is 0 Å². The number of anilines is 3. The molecule has 0 amide bonds. The summed E-state index contributed by atoms with van der Waals surface area (Å²) in [6.45, 7) is 24.8. The number of hydrazine groups is 1. The molecule has 0 spiro atoms. The minimum atomic E-state index is -0.483. The lowest BCUT2D eigenvalue weighted by molar-refractivity contribution is -0.251. The molecule has 0 bridgehead atoms. The van der Waals surface area contributed by atoms with E-state index in [2.05, 4.69) is 76.5 Å². The zero-order valence-corrected chi connectivity index (χ0v) is 29.4. The molecule has 0 saturated carbocycles. The fraction of sp³-hybridized carbons (Fsp3) is 0.903. The standard InChI is InChI=1S/C31H60N10O3/c1-26(2)14-20(15-27(3,4)39(26)42)33-23-34-24(37-32-13)36-25(35-23)38(21-16-28(5,6)40(43)29(7,8)17-21)22-18-30(9,10)41(44)31(11,12)19-22/h20-22,32,42-44H,14-19H2,1-13H3,(H2,33,34,35,36,37). The summed E-state index contributed by atoms with van der Waals surface area (Å²) >= 11 is 0. The molecule has 3 aliphatic rings. The molecular weight excluding hydrogens is 560 g/mol. The van der Waals surface area contributed by atoms with Gasteiger partial charge in [0.15, 0.2) is 0 Å². The highest BCUT2D eigenvalue weighted by Crippen LogP contribution is 2.45. The van der Waals surface area contributed by atoms with Gasteiger partial charge in [0.2, 0.25) is 17.8 Å². The van der Waals surface area contributed by atoms with Crippen LogP contribution in [0, 0.1) is 0 Å². The van der Waals surface area contributed by atoms with E-state index in [-0.39, 0.29) is 18.1 Å². The number of hydroxylamine groups is 6. The van der Waals surface area contributed by atoms with Crippen LogP contribution in [0.5, 0.6) is 0 Å². The summed E-state index contributed by atoms with van der Waals surface area (Å²) in [6.07, 6.45) is 4.23. The Bertz CT molecular complexity index is 1090. The molecular formula is C31H60N10O3. The van der Waals surface area contributed by atoms with Gasteiger partial charge >= 0.3 is 0 Å². The number of rotatable bonds is 7. The fourth-order valence-corrected chi connectivity index (χ4v) is 8.72. The van der Waals surface area contributed by atoms with Crippen molar-refractivity contribution in [3.05, 3.63) is 0 Å². The van der Waals surface area contributed by atoms with Crippen LogP contribution in [0.15, 0.2) is 0 Å². The molecule has 0 aliphatic carbocycles. The van der Waals surface area contributed by atoms with Crippen LogP contribution in [-0.2, 0) is 0 Å². The first-order chi connectivity index (χ1) is 19.9. The Morgan fingerprint density at radius 1 is 0.568 bits per heavy atom. The summed E-state index contributed by atoms with van der Waals surface area (Å²) in [7, 11) is 1.78. The number of hydrogen-bond acceptors (Lipinski definition) is 13. The van der Waals surface area contributed by atoms with E-state index in [9.17, 15) is 15.6 Å². The fourth-order valence-electron chi connectivity index (χ4n) is 8.72. The first-order valence-electron chi connectivity index (χ1n) is 16.1. The average molecular weight is 621 g/mol. The monoisotopic (exact) mass is 620 g/mol. The Morgan fingerprint density at radius 2 is 0.909 bits per heavy atom. The van der Waals surface area contributed by atoms with Crippen LogP contribution in [0.2, 0.25) is 0 Å². The maximum absolute atomic E-state index is 11.2. The molecule has 13 heteroatoms. The summed E-state index contributed by atoms with van der Waals surface area (Å²) < 4.78 is 0. The first-order valence-corrected chi connectivity index (χ1v) is 16.1. The van der Waals surface area contributed by atoms with Crippen molar-refractivity contribution in [3.8, 4) is 0 Å². The molecule has 0 unspecified atom stereocenters. The molecule has 252 valence electrons. The molecule has 13 nitrogen and oxygen atoms in total. The topological polar surface area (TPSA) is 148 Å². The van der Waals surface area contributed by atoms with E-state index in [1.165, 1.54) is 15.2 Å². The Hall–Kier alpha value is -1.87. The van der Waals surface area contributed by atoms with Crippen LogP contribution < -0.4 is 21.1 Å².